The lowest BCUT2D eigenvalue weighted by atomic mass is 10.2. The third-order valence-corrected chi connectivity index (χ3v) is 4.37. The number of amides is 2. The van der Waals surface area contributed by atoms with Crippen LogP contribution in [0.15, 0.2) is 24.3 Å². The minimum atomic E-state index is -0.512. The Bertz CT molecular complexity index is 600. The monoisotopic (exact) mass is 362 g/mol. The third kappa shape index (κ3) is 5.62. The zero-order valence-electron chi connectivity index (χ0n) is 16.0. The van der Waals surface area contributed by atoms with Crippen molar-refractivity contribution >= 4 is 17.5 Å². The molecule has 1 fully saturated rings. The van der Waals surface area contributed by atoms with Crippen molar-refractivity contribution in [1.29, 1.82) is 0 Å². The Morgan fingerprint density at radius 1 is 1.15 bits per heavy atom. The Labute approximate surface area is 155 Å². The fourth-order valence-corrected chi connectivity index (χ4v) is 3.03. The molecule has 7 heteroatoms. The zero-order chi connectivity index (χ0) is 18.9. The lowest BCUT2D eigenvalue weighted by Gasteiger charge is -2.36. The molecule has 0 aliphatic carbocycles. The molecule has 2 amide bonds. The van der Waals surface area contributed by atoms with Gasteiger partial charge >= 0.3 is 0 Å². The van der Waals surface area contributed by atoms with Crippen LogP contribution in [0.25, 0.3) is 0 Å². The molecule has 0 saturated carbocycles. The molecule has 1 heterocycles. The fraction of sp³-hybridized carbons (Fsp3) is 0.579. The van der Waals surface area contributed by atoms with Crippen LogP contribution in [0.4, 0.5) is 5.69 Å². The number of hydrogen-bond donors (Lipinski definition) is 2. The van der Waals surface area contributed by atoms with E-state index in [-0.39, 0.29) is 11.8 Å². The molecule has 1 aromatic carbocycles. The van der Waals surface area contributed by atoms with Gasteiger partial charge in [0.15, 0.2) is 0 Å². The number of ether oxygens (including phenoxy) is 1. The van der Waals surface area contributed by atoms with Crippen molar-refractivity contribution in [3.63, 3.8) is 0 Å². The van der Waals surface area contributed by atoms with Crippen LogP contribution in [-0.4, -0.2) is 68.6 Å². The summed E-state index contributed by atoms with van der Waals surface area (Å²) in [5.74, 6) is 0.627. The molecule has 7 nitrogen and oxygen atoms in total. The van der Waals surface area contributed by atoms with E-state index < -0.39 is 6.04 Å². The van der Waals surface area contributed by atoms with Gasteiger partial charge in [0.1, 0.15) is 11.8 Å². The van der Waals surface area contributed by atoms with Gasteiger partial charge in [0.2, 0.25) is 11.8 Å². The van der Waals surface area contributed by atoms with Crippen LogP contribution >= 0.6 is 0 Å². The van der Waals surface area contributed by atoms with Crippen LogP contribution in [0.2, 0.25) is 0 Å². The molecule has 1 aliphatic rings. The van der Waals surface area contributed by atoms with Crippen molar-refractivity contribution in [2.24, 2.45) is 0 Å². The van der Waals surface area contributed by atoms with Gasteiger partial charge in [0.25, 0.3) is 0 Å². The van der Waals surface area contributed by atoms with Crippen LogP contribution < -0.4 is 20.3 Å². The van der Waals surface area contributed by atoms with E-state index in [0.717, 1.165) is 37.6 Å². The topological polar surface area (TPSA) is 73.9 Å². The highest BCUT2D eigenvalue weighted by Crippen LogP contribution is 2.28. The highest BCUT2D eigenvalue weighted by atomic mass is 16.5. The summed E-state index contributed by atoms with van der Waals surface area (Å²) in [6.07, 6.45) is 0. The van der Waals surface area contributed by atoms with Gasteiger partial charge in [-0.3, -0.25) is 14.5 Å². The Morgan fingerprint density at radius 2 is 1.85 bits per heavy atom. The SMILES string of the molecule is CCNC(=O)[C@H](C)NC(=O)CN1CCN(c2ccccc2OCC)CC1. The first kappa shape index (κ1) is 20.0. The normalized spacial score (nSPS) is 16.0. The Balaban J connectivity index is 1.81. The van der Waals surface area contributed by atoms with E-state index in [9.17, 15) is 9.59 Å². The maximum Gasteiger partial charge on any atom is 0.242 e. The standard InChI is InChI=1S/C19H30N4O3/c1-4-20-19(25)15(3)21-18(24)14-22-10-12-23(13-11-22)16-8-6-7-9-17(16)26-5-2/h6-9,15H,4-5,10-14H2,1-3H3,(H,20,25)(H,21,24)/t15-/m0/s1. The number of para-hydroxylation sites is 2. The number of hydrogen-bond acceptors (Lipinski definition) is 5. The van der Waals surface area contributed by atoms with Crippen molar-refractivity contribution in [3.05, 3.63) is 24.3 Å². The van der Waals surface area contributed by atoms with Gasteiger partial charge in [-0.2, -0.15) is 0 Å². The summed E-state index contributed by atoms with van der Waals surface area (Å²) in [6, 6.07) is 7.54. The van der Waals surface area contributed by atoms with E-state index in [1.54, 1.807) is 6.92 Å². The quantitative estimate of drug-likeness (QED) is 0.717. The molecule has 144 valence electrons. The number of rotatable bonds is 8. The van der Waals surface area contributed by atoms with Gasteiger partial charge in [0.05, 0.1) is 18.8 Å². The predicted molar refractivity (Wildman–Crippen MR) is 103 cm³/mol. The molecular formula is C19H30N4O3. The molecule has 0 bridgehead atoms. The first-order valence-electron chi connectivity index (χ1n) is 9.31. The Hall–Kier alpha value is -2.28. The average Bonchev–Trinajstić information content (AvgIpc) is 2.63. The van der Waals surface area contributed by atoms with Crippen molar-refractivity contribution in [3.8, 4) is 5.75 Å². The van der Waals surface area contributed by atoms with Crippen molar-refractivity contribution in [1.82, 2.24) is 15.5 Å². The molecule has 26 heavy (non-hydrogen) atoms. The van der Waals surface area contributed by atoms with Crippen LogP contribution in [0.1, 0.15) is 20.8 Å². The molecule has 1 aliphatic heterocycles. The minimum Gasteiger partial charge on any atom is -0.492 e. The van der Waals surface area contributed by atoms with Gasteiger partial charge in [-0.15, -0.1) is 0 Å². The van der Waals surface area contributed by atoms with E-state index >= 15 is 0 Å². The maximum atomic E-state index is 12.2. The second kappa shape index (κ2) is 10.0. The summed E-state index contributed by atoms with van der Waals surface area (Å²) >= 11 is 0. The molecule has 0 aromatic heterocycles. The first-order chi connectivity index (χ1) is 12.5. The number of carbonyl (C=O) groups is 2. The van der Waals surface area contributed by atoms with Gasteiger partial charge in [-0.1, -0.05) is 12.1 Å². The van der Waals surface area contributed by atoms with Crippen molar-refractivity contribution in [2.45, 2.75) is 26.8 Å². The van der Waals surface area contributed by atoms with E-state index in [2.05, 4.69) is 26.5 Å². The number of nitrogens with zero attached hydrogens (tertiary/aromatic N) is 2. The number of anilines is 1. The number of benzene rings is 1. The van der Waals surface area contributed by atoms with E-state index in [0.29, 0.717) is 19.7 Å². The Morgan fingerprint density at radius 3 is 2.50 bits per heavy atom. The van der Waals surface area contributed by atoms with Gasteiger partial charge < -0.3 is 20.3 Å². The molecule has 1 atom stereocenters. The largest absolute Gasteiger partial charge is 0.492 e. The minimum absolute atomic E-state index is 0.119. The molecule has 1 aromatic rings. The van der Waals surface area contributed by atoms with Gasteiger partial charge in [-0.05, 0) is 32.9 Å². The summed E-state index contributed by atoms with van der Waals surface area (Å²) in [5, 5.41) is 5.46. The molecule has 0 spiro atoms. The van der Waals surface area contributed by atoms with Crippen LogP contribution in [-0.2, 0) is 9.59 Å². The van der Waals surface area contributed by atoms with Crippen LogP contribution in [0.5, 0.6) is 5.75 Å². The highest BCUT2D eigenvalue weighted by Gasteiger charge is 2.22. The third-order valence-electron chi connectivity index (χ3n) is 4.37. The van der Waals surface area contributed by atoms with Crippen LogP contribution in [0.3, 0.4) is 0 Å². The highest BCUT2D eigenvalue weighted by molar-refractivity contribution is 5.87. The molecule has 0 radical (unpaired) electrons. The average molecular weight is 362 g/mol. The summed E-state index contributed by atoms with van der Waals surface area (Å²) < 4.78 is 5.71. The number of carbonyl (C=O) groups excluding carboxylic acids is 2. The second-order valence-electron chi connectivity index (χ2n) is 6.35. The lowest BCUT2D eigenvalue weighted by Crippen LogP contribution is -2.52. The lowest BCUT2D eigenvalue weighted by molar-refractivity contribution is -0.129. The molecule has 0 unspecified atom stereocenters. The summed E-state index contributed by atoms with van der Waals surface area (Å²) in [6.45, 7) is 10.3. The number of likely N-dealkylation sites (N-methyl/N-ethyl adjacent to an activating group) is 1. The predicted octanol–water partition coefficient (Wildman–Crippen LogP) is 0.848. The fourth-order valence-electron chi connectivity index (χ4n) is 3.03. The van der Waals surface area contributed by atoms with E-state index in [1.807, 2.05) is 32.0 Å². The first-order valence-corrected chi connectivity index (χ1v) is 9.31. The molecule has 2 N–H and O–H groups in total. The van der Waals surface area contributed by atoms with E-state index in [1.165, 1.54) is 0 Å². The summed E-state index contributed by atoms with van der Waals surface area (Å²) in [7, 11) is 0. The van der Waals surface area contributed by atoms with Crippen molar-refractivity contribution in [2.75, 3.05) is 50.8 Å². The number of piperazine rings is 1. The zero-order valence-corrected chi connectivity index (χ0v) is 16.0. The summed E-state index contributed by atoms with van der Waals surface area (Å²) in [4.78, 5) is 28.3. The maximum absolute atomic E-state index is 12.2. The summed E-state index contributed by atoms with van der Waals surface area (Å²) in [5.41, 5.74) is 1.10. The Kier molecular flexibility index (Phi) is 7.72. The van der Waals surface area contributed by atoms with E-state index in [4.69, 9.17) is 4.74 Å². The van der Waals surface area contributed by atoms with Crippen molar-refractivity contribution < 1.29 is 14.3 Å². The van der Waals surface area contributed by atoms with Gasteiger partial charge in [0, 0.05) is 32.7 Å². The molecule has 1 saturated heterocycles. The van der Waals surface area contributed by atoms with Gasteiger partial charge in [-0.25, -0.2) is 0 Å². The molecule has 2 rings (SSSR count). The number of nitrogens with one attached hydrogen (secondary N) is 2. The molecular weight excluding hydrogens is 332 g/mol. The second-order valence-corrected chi connectivity index (χ2v) is 6.35. The van der Waals surface area contributed by atoms with Crippen LogP contribution in [0, 0.1) is 0 Å². The smallest absolute Gasteiger partial charge is 0.242 e.